The summed E-state index contributed by atoms with van der Waals surface area (Å²) >= 11 is 5.90. The van der Waals surface area contributed by atoms with Crippen molar-refractivity contribution in [3.05, 3.63) is 53.1 Å². The number of benzene rings is 2. The highest BCUT2D eigenvalue weighted by molar-refractivity contribution is 6.30. The van der Waals surface area contributed by atoms with Crippen molar-refractivity contribution in [3.8, 4) is 11.5 Å². The third kappa shape index (κ3) is 3.42. The third-order valence-corrected chi connectivity index (χ3v) is 2.76. The minimum atomic E-state index is -0.475. The molecule has 0 saturated heterocycles. The Morgan fingerprint density at radius 2 is 2.05 bits per heavy atom. The van der Waals surface area contributed by atoms with Crippen molar-refractivity contribution in [1.29, 1.82) is 0 Å². The van der Waals surface area contributed by atoms with Crippen LogP contribution in [0, 0.1) is 0 Å². The number of carbonyl (C=O) groups is 1. The Morgan fingerprint density at radius 1 is 1.25 bits per heavy atom. The predicted octanol–water partition coefficient (Wildman–Crippen LogP) is 3.89. The lowest BCUT2D eigenvalue weighted by atomic mass is 10.2. The van der Waals surface area contributed by atoms with E-state index < -0.39 is 5.97 Å². The van der Waals surface area contributed by atoms with Gasteiger partial charge in [-0.1, -0.05) is 17.7 Å². The van der Waals surface area contributed by atoms with Gasteiger partial charge in [-0.2, -0.15) is 0 Å². The SMILES string of the molecule is CCOC(=O)c1cc(N)ccc1Oc1cccc(Cl)c1. The molecule has 0 bridgehead atoms. The first-order valence-corrected chi connectivity index (χ1v) is 6.48. The monoisotopic (exact) mass is 291 g/mol. The molecule has 0 atom stereocenters. The van der Waals surface area contributed by atoms with Crippen LogP contribution >= 0.6 is 11.6 Å². The van der Waals surface area contributed by atoms with Crippen LogP contribution in [0.1, 0.15) is 17.3 Å². The topological polar surface area (TPSA) is 61.5 Å². The maximum Gasteiger partial charge on any atom is 0.342 e. The fraction of sp³-hybridized carbons (Fsp3) is 0.133. The van der Waals surface area contributed by atoms with Gasteiger partial charge >= 0.3 is 5.97 Å². The van der Waals surface area contributed by atoms with E-state index in [-0.39, 0.29) is 12.2 Å². The number of nitrogens with two attached hydrogens (primary N) is 1. The van der Waals surface area contributed by atoms with E-state index >= 15 is 0 Å². The molecule has 104 valence electrons. The van der Waals surface area contributed by atoms with Gasteiger partial charge in [-0.25, -0.2) is 4.79 Å². The quantitative estimate of drug-likeness (QED) is 0.686. The summed E-state index contributed by atoms with van der Waals surface area (Å²) in [4.78, 5) is 11.9. The fourth-order valence-electron chi connectivity index (χ4n) is 1.66. The van der Waals surface area contributed by atoms with Crippen LogP contribution in [0.4, 0.5) is 5.69 Å². The van der Waals surface area contributed by atoms with Gasteiger partial charge in [0.25, 0.3) is 0 Å². The molecule has 0 aliphatic rings. The average molecular weight is 292 g/mol. The summed E-state index contributed by atoms with van der Waals surface area (Å²) in [6.07, 6.45) is 0. The van der Waals surface area contributed by atoms with Gasteiger partial charge in [0.05, 0.1) is 6.61 Å². The molecule has 0 aromatic heterocycles. The Kier molecular flexibility index (Phi) is 4.48. The first-order chi connectivity index (χ1) is 9.60. The van der Waals surface area contributed by atoms with E-state index in [0.29, 0.717) is 22.2 Å². The molecule has 0 unspecified atom stereocenters. The molecule has 0 aliphatic heterocycles. The summed E-state index contributed by atoms with van der Waals surface area (Å²) in [5.74, 6) is 0.435. The Bertz CT molecular complexity index is 628. The van der Waals surface area contributed by atoms with E-state index in [1.807, 2.05) is 0 Å². The number of rotatable bonds is 4. The minimum absolute atomic E-state index is 0.282. The molecule has 0 fully saturated rings. The smallest absolute Gasteiger partial charge is 0.342 e. The lowest BCUT2D eigenvalue weighted by Gasteiger charge is -2.11. The van der Waals surface area contributed by atoms with Crippen molar-refractivity contribution in [2.75, 3.05) is 12.3 Å². The standard InChI is InChI=1S/C15H14ClNO3/c1-2-19-15(18)13-9-11(17)6-7-14(13)20-12-5-3-4-10(16)8-12/h3-9H,2,17H2,1H3. The van der Waals surface area contributed by atoms with Gasteiger partial charge < -0.3 is 15.2 Å². The van der Waals surface area contributed by atoms with Gasteiger partial charge in [-0.05, 0) is 43.3 Å². The molecule has 0 aliphatic carbocycles. The number of ether oxygens (including phenoxy) is 2. The molecule has 0 amide bonds. The molecule has 2 aromatic rings. The van der Waals surface area contributed by atoms with Gasteiger partial charge in [0.2, 0.25) is 0 Å². The minimum Gasteiger partial charge on any atom is -0.462 e. The molecular formula is C15H14ClNO3. The van der Waals surface area contributed by atoms with E-state index in [0.717, 1.165) is 0 Å². The summed E-state index contributed by atoms with van der Waals surface area (Å²) in [5, 5.41) is 0.552. The maximum atomic E-state index is 11.9. The molecule has 2 aromatic carbocycles. The summed E-state index contributed by atoms with van der Waals surface area (Å²) in [6.45, 7) is 2.02. The van der Waals surface area contributed by atoms with Crippen LogP contribution in [0.15, 0.2) is 42.5 Å². The van der Waals surface area contributed by atoms with Gasteiger partial charge in [0.15, 0.2) is 0 Å². The number of nitrogen functional groups attached to an aromatic ring is 1. The Morgan fingerprint density at radius 3 is 2.75 bits per heavy atom. The van der Waals surface area contributed by atoms with E-state index in [2.05, 4.69) is 0 Å². The van der Waals surface area contributed by atoms with Crippen LogP contribution in [0.3, 0.4) is 0 Å². The molecule has 0 radical (unpaired) electrons. The summed E-state index contributed by atoms with van der Waals surface area (Å²) in [7, 11) is 0. The van der Waals surface area contributed by atoms with Crippen molar-refractivity contribution < 1.29 is 14.3 Å². The number of esters is 1. The van der Waals surface area contributed by atoms with Crippen molar-refractivity contribution in [1.82, 2.24) is 0 Å². The number of anilines is 1. The lowest BCUT2D eigenvalue weighted by Crippen LogP contribution is -2.07. The largest absolute Gasteiger partial charge is 0.462 e. The number of hydrogen-bond donors (Lipinski definition) is 1. The van der Waals surface area contributed by atoms with Gasteiger partial charge in [0, 0.05) is 10.7 Å². The zero-order valence-electron chi connectivity index (χ0n) is 10.9. The van der Waals surface area contributed by atoms with Crippen LogP contribution in [0.2, 0.25) is 5.02 Å². The molecule has 0 saturated carbocycles. The molecule has 20 heavy (non-hydrogen) atoms. The van der Waals surface area contributed by atoms with Gasteiger partial charge in [-0.3, -0.25) is 0 Å². The van der Waals surface area contributed by atoms with E-state index in [1.165, 1.54) is 6.07 Å². The second kappa shape index (κ2) is 6.30. The second-order valence-corrected chi connectivity index (χ2v) is 4.47. The predicted molar refractivity (Wildman–Crippen MR) is 78.3 cm³/mol. The molecule has 5 heteroatoms. The molecule has 4 nitrogen and oxygen atoms in total. The summed E-state index contributed by atoms with van der Waals surface area (Å²) in [5.41, 5.74) is 6.44. The highest BCUT2D eigenvalue weighted by atomic mass is 35.5. The zero-order valence-corrected chi connectivity index (χ0v) is 11.7. The van der Waals surface area contributed by atoms with E-state index in [9.17, 15) is 4.79 Å². The van der Waals surface area contributed by atoms with E-state index in [1.54, 1.807) is 43.3 Å². The first kappa shape index (κ1) is 14.2. The van der Waals surface area contributed by atoms with Crippen LogP contribution < -0.4 is 10.5 Å². The third-order valence-electron chi connectivity index (χ3n) is 2.52. The highest BCUT2D eigenvalue weighted by Crippen LogP contribution is 2.29. The van der Waals surface area contributed by atoms with E-state index in [4.69, 9.17) is 26.8 Å². The van der Waals surface area contributed by atoms with Crippen molar-refractivity contribution in [2.45, 2.75) is 6.92 Å². The Balaban J connectivity index is 2.33. The van der Waals surface area contributed by atoms with Crippen molar-refractivity contribution >= 4 is 23.3 Å². The number of halogens is 1. The molecule has 2 N–H and O–H groups in total. The zero-order chi connectivity index (χ0) is 14.5. The fourth-order valence-corrected chi connectivity index (χ4v) is 1.84. The molecule has 0 spiro atoms. The van der Waals surface area contributed by atoms with Crippen molar-refractivity contribution in [2.24, 2.45) is 0 Å². The maximum absolute atomic E-state index is 11.9. The summed E-state index contributed by atoms with van der Waals surface area (Å²) in [6, 6.07) is 11.7. The highest BCUT2D eigenvalue weighted by Gasteiger charge is 2.15. The van der Waals surface area contributed by atoms with Crippen LogP contribution in [0.25, 0.3) is 0 Å². The normalized spacial score (nSPS) is 10.1. The van der Waals surface area contributed by atoms with Crippen LogP contribution in [0.5, 0.6) is 11.5 Å². The van der Waals surface area contributed by atoms with Gasteiger partial charge in [0.1, 0.15) is 17.1 Å². The first-order valence-electron chi connectivity index (χ1n) is 6.10. The molecule has 0 heterocycles. The van der Waals surface area contributed by atoms with Crippen LogP contribution in [-0.2, 0) is 4.74 Å². The summed E-state index contributed by atoms with van der Waals surface area (Å²) < 4.78 is 10.7. The lowest BCUT2D eigenvalue weighted by molar-refractivity contribution is 0.0523. The number of hydrogen-bond acceptors (Lipinski definition) is 4. The molecular weight excluding hydrogens is 278 g/mol. The average Bonchev–Trinajstić information content (AvgIpc) is 2.41. The number of carbonyl (C=O) groups excluding carboxylic acids is 1. The second-order valence-electron chi connectivity index (χ2n) is 4.04. The van der Waals surface area contributed by atoms with Crippen LogP contribution in [-0.4, -0.2) is 12.6 Å². The molecule has 2 rings (SSSR count). The van der Waals surface area contributed by atoms with Crippen molar-refractivity contribution in [3.63, 3.8) is 0 Å². The van der Waals surface area contributed by atoms with Gasteiger partial charge in [-0.15, -0.1) is 0 Å². The Labute approximate surface area is 122 Å². The Hall–Kier alpha value is -2.20.